The molecule has 2 rings (SSSR count). The summed E-state index contributed by atoms with van der Waals surface area (Å²) in [7, 11) is 0. The minimum absolute atomic E-state index is 0.117. The molecular weight excluding hydrogens is 240 g/mol. The maximum Gasteiger partial charge on any atom is 0.232 e. The average molecular weight is 256 g/mol. The van der Waals surface area contributed by atoms with E-state index in [9.17, 15) is 4.79 Å². The number of pyridine rings is 1. The van der Waals surface area contributed by atoms with Crippen molar-refractivity contribution in [2.45, 2.75) is 19.4 Å². The second-order valence-electron chi connectivity index (χ2n) is 4.29. The second kappa shape index (κ2) is 6.11. The summed E-state index contributed by atoms with van der Waals surface area (Å²) in [6.45, 7) is 1.71. The first-order chi connectivity index (χ1) is 9.20. The van der Waals surface area contributed by atoms with E-state index in [1.54, 1.807) is 18.2 Å². The Morgan fingerprint density at radius 1 is 1.21 bits per heavy atom. The standard InChI is InChI=1S/C15H16N2O2/c1-11(12-6-3-2-4-7-12)15(19)17-14-9-5-8-13(10-18)16-14/h2-9,11,18H,10H2,1H3,(H,16,17,19)/t11-/m1/s1. The van der Waals surface area contributed by atoms with Gasteiger partial charge in [-0.25, -0.2) is 4.98 Å². The normalized spacial score (nSPS) is 11.9. The molecular formula is C15H16N2O2. The Morgan fingerprint density at radius 2 is 1.95 bits per heavy atom. The van der Waals surface area contributed by atoms with Gasteiger partial charge in [-0.2, -0.15) is 0 Å². The average Bonchev–Trinajstić information content (AvgIpc) is 2.47. The lowest BCUT2D eigenvalue weighted by Crippen LogP contribution is -2.19. The Hall–Kier alpha value is -2.20. The zero-order valence-corrected chi connectivity index (χ0v) is 10.7. The van der Waals surface area contributed by atoms with E-state index in [-0.39, 0.29) is 18.4 Å². The van der Waals surface area contributed by atoms with E-state index in [4.69, 9.17) is 5.11 Å². The highest BCUT2D eigenvalue weighted by Crippen LogP contribution is 2.16. The Bertz CT molecular complexity index is 555. The number of aromatic nitrogens is 1. The van der Waals surface area contributed by atoms with Gasteiger partial charge in [0.25, 0.3) is 0 Å². The Balaban J connectivity index is 2.08. The molecule has 0 unspecified atom stereocenters. The molecule has 98 valence electrons. The zero-order chi connectivity index (χ0) is 13.7. The van der Waals surface area contributed by atoms with Crippen molar-refractivity contribution in [2.24, 2.45) is 0 Å². The van der Waals surface area contributed by atoms with E-state index >= 15 is 0 Å². The smallest absolute Gasteiger partial charge is 0.232 e. The molecule has 0 saturated heterocycles. The molecule has 2 N–H and O–H groups in total. The topological polar surface area (TPSA) is 62.2 Å². The van der Waals surface area contributed by atoms with Crippen LogP contribution in [0.1, 0.15) is 24.1 Å². The van der Waals surface area contributed by atoms with Crippen LogP contribution in [0.4, 0.5) is 5.82 Å². The first-order valence-electron chi connectivity index (χ1n) is 6.13. The lowest BCUT2D eigenvalue weighted by atomic mass is 10.0. The highest BCUT2D eigenvalue weighted by atomic mass is 16.3. The van der Waals surface area contributed by atoms with Crippen molar-refractivity contribution in [3.8, 4) is 0 Å². The number of aliphatic hydroxyl groups is 1. The molecule has 19 heavy (non-hydrogen) atoms. The van der Waals surface area contributed by atoms with Crippen molar-refractivity contribution in [1.29, 1.82) is 0 Å². The van der Waals surface area contributed by atoms with Crippen molar-refractivity contribution in [3.05, 3.63) is 59.8 Å². The van der Waals surface area contributed by atoms with Crippen LogP contribution in [0.15, 0.2) is 48.5 Å². The minimum Gasteiger partial charge on any atom is -0.390 e. The number of carbonyl (C=O) groups is 1. The van der Waals surface area contributed by atoms with Crippen LogP contribution in [-0.2, 0) is 11.4 Å². The van der Waals surface area contributed by atoms with Gasteiger partial charge in [0.2, 0.25) is 5.91 Å². The molecule has 0 fully saturated rings. The van der Waals surface area contributed by atoms with Crippen molar-refractivity contribution in [2.75, 3.05) is 5.32 Å². The van der Waals surface area contributed by atoms with Crippen LogP contribution in [-0.4, -0.2) is 16.0 Å². The van der Waals surface area contributed by atoms with Gasteiger partial charge in [-0.1, -0.05) is 36.4 Å². The molecule has 1 atom stereocenters. The van der Waals surface area contributed by atoms with Crippen LogP contribution in [0.2, 0.25) is 0 Å². The molecule has 1 aromatic carbocycles. The summed E-state index contributed by atoms with van der Waals surface area (Å²) in [5.41, 5.74) is 1.49. The Labute approximate surface area is 112 Å². The van der Waals surface area contributed by atoms with E-state index in [0.29, 0.717) is 11.5 Å². The number of anilines is 1. The number of carbonyl (C=O) groups excluding carboxylic acids is 1. The molecule has 0 spiro atoms. The molecule has 2 aromatic rings. The van der Waals surface area contributed by atoms with Crippen molar-refractivity contribution < 1.29 is 9.90 Å². The molecule has 0 saturated carbocycles. The predicted molar refractivity (Wildman–Crippen MR) is 73.6 cm³/mol. The Kier molecular flexibility index (Phi) is 4.26. The van der Waals surface area contributed by atoms with E-state index < -0.39 is 0 Å². The second-order valence-corrected chi connectivity index (χ2v) is 4.29. The summed E-state index contributed by atoms with van der Waals surface area (Å²) < 4.78 is 0. The van der Waals surface area contributed by atoms with Crippen molar-refractivity contribution in [3.63, 3.8) is 0 Å². The van der Waals surface area contributed by atoms with Gasteiger partial charge in [0.15, 0.2) is 0 Å². The van der Waals surface area contributed by atoms with Gasteiger partial charge in [0.1, 0.15) is 5.82 Å². The van der Waals surface area contributed by atoms with Gasteiger partial charge < -0.3 is 10.4 Å². The highest BCUT2D eigenvalue weighted by Gasteiger charge is 2.15. The third kappa shape index (κ3) is 3.39. The fourth-order valence-corrected chi connectivity index (χ4v) is 1.76. The van der Waals surface area contributed by atoms with Crippen LogP contribution in [0.3, 0.4) is 0 Å². The molecule has 0 aliphatic rings. The molecule has 1 aromatic heterocycles. The van der Waals surface area contributed by atoms with Crippen LogP contribution in [0.5, 0.6) is 0 Å². The van der Waals surface area contributed by atoms with Gasteiger partial charge in [-0.15, -0.1) is 0 Å². The quantitative estimate of drug-likeness (QED) is 0.882. The number of nitrogens with one attached hydrogen (secondary N) is 1. The van der Waals surface area contributed by atoms with Crippen molar-refractivity contribution >= 4 is 11.7 Å². The maximum absolute atomic E-state index is 12.1. The SMILES string of the molecule is C[C@@H](C(=O)Nc1cccc(CO)n1)c1ccccc1. The highest BCUT2D eigenvalue weighted by molar-refractivity contribution is 5.94. The number of hydrogen-bond acceptors (Lipinski definition) is 3. The molecule has 0 aliphatic carbocycles. The fourth-order valence-electron chi connectivity index (χ4n) is 1.76. The largest absolute Gasteiger partial charge is 0.390 e. The van der Waals surface area contributed by atoms with E-state index in [0.717, 1.165) is 5.56 Å². The number of aliphatic hydroxyl groups excluding tert-OH is 1. The molecule has 0 aliphatic heterocycles. The molecule has 0 radical (unpaired) electrons. The summed E-state index contributed by atoms with van der Waals surface area (Å²) >= 11 is 0. The molecule has 4 nitrogen and oxygen atoms in total. The Morgan fingerprint density at radius 3 is 2.63 bits per heavy atom. The number of amides is 1. The summed E-state index contributed by atoms with van der Waals surface area (Å²) in [5.74, 6) is 0.0916. The first-order valence-corrected chi connectivity index (χ1v) is 6.13. The molecule has 1 heterocycles. The van der Waals surface area contributed by atoms with Crippen molar-refractivity contribution in [1.82, 2.24) is 4.98 Å². The summed E-state index contributed by atoms with van der Waals surface area (Å²) in [6.07, 6.45) is 0. The number of nitrogens with zero attached hydrogens (tertiary/aromatic N) is 1. The summed E-state index contributed by atoms with van der Waals surface area (Å²) in [6, 6.07) is 14.7. The third-order valence-corrected chi connectivity index (χ3v) is 2.91. The third-order valence-electron chi connectivity index (χ3n) is 2.91. The van der Waals surface area contributed by atoms with Gasteiger partial charge >= 0.3 is 0 Å². The van der Waals surface area contributed by atoms with Gasteiger partial charge in [-0.3, -0.25) is 4.79 Å². The molecule has 1 amide bonds. The first kappa shape index (κ1) is 13.2. The summed E-state index contributed by atoms with van der Waals surface area (Å²) in [4.78, 5) is 16.2. The van der Waals surface area contributed by atoms with E-state index in [2.05, 4.69) is 10.3 Å². The number of rotatable bonds is 4. The van der Waals surface area contributed by atoms with Crippen LogP contribution >= 0.6 is 0 Å². The monoisotopic (exact) mass is 256 g/mol. The maximum atomic E-state index is 12.1. The number of benzene rings is 1. The minimum atomic E-state index is -0.249. The lowest BCUT2D eigenvalue weighted by molar-refractivity contribution is -0.117. The van der Waals surface area contributed by atoms with Gasteiger partial charge in [0.05, 0.1) is 18.2 Å². The van der Waals surface area contributed by atoms with Gasteiger partial charge in [-0.05, 0) is 24.6 Å². The van der Waals surface area contributed by atoms with E-state index in [1.165, 1.54) is 0 Å². The van der Waals surface area contributed by atoms with Crippen LogP contribution in [0, 0.1) is 0 Å². The lowest BCUT2D eigenvalue weighted by Gasteiger charge is -2.12. The fraction of sp³-hybridized carbons (Fsp3) is 0.200. The van der Waals surface area contributed by atoms with E-state index in [1.807, 2.05) is 37.3 Å². The van der Waals surface area contributed by atoms with Crippen LogP contribution < -0.4 is 5.32 Å². The number of hydrogen-bond donors (Lipinski definition) is 2. The molecule has 4 heteroatoms. The zero-order valence-electron chi connectivity index (χ0n) is 10.7. The summed E-state index contributed by atoms with van der Waals surface area (Å²) in [5, 5.41) is 11.8. The predicted octanol–water partition coefficient (Wildman–Crippen LogP) is 2.32. The van der Waals surface area contributed by atoms with Gasteiger partial charge in [0, 0.05) is 0 Å². The van der Waals surface area contributed by atoms with Crippen LogP contribution in [0.25, 0.3) is 0 Å². The molecule has 0 bridgehead atoms.